The van der Waals surface area contributed by atoms with Gasteiger partial charge in [0, 0.05) is 25.8 Å². The van der Waals surface area contributed by atoms with E-state index >= 15 is 0 Å². The highest BCUT2D eigenvalue weighted by Gasteiger charge is 2.50. The number of halogens is 2. The predicted octanol–water partition coefficient (Wildman–Crippen LogP) is 2.93. The Balaban J connectivity index is 1.49. The lowest BCUT2D eigenvalue weighted by Crippen LogP contribution is -2.75. The molecule has 12 nitrogen and oxygen atoms in total. The first-order valence-electron chi connectivity index (χ1n) is 14.2. The third kappa shape index (κ3) is 8.29. The molecule has 0 bridgehead atoms. The summed E-state index contributed by atoms with van der Waals surface area (Å²) in [4.78, 5) is 55.3. The highest BCUT2D eigenvalue weighted by molar-refractivity contribution is 5.94. The van der Waals surface area contributed by atoms with Gasteiger partial charge in [-0.25, -0.2) is 28.4 Å². The van der Waals surface area contributed by atoms with Crippen LogP contribution in [0.5, 0.6) is 0 Å². The molecular formula is C30H36F2N6O6. The Morgan fingerprint density at radius 3 is 2.59 bits per heavy atom. The van der Waals surface area contributed by atoms with E-state index in [9.17, 15) is 28.0 Å². The van der Waals surface area contributed by atoms with Crippen LogP contribution >= 0.6 is 0 Å². The Morgan fingerprint density at radius 1 is 1.11 bits per heavy atom. The number of carbonyl (C=O) groups is 4. The predicted molar refractivity (Wildman–Crippen MR) is 156 cm³/mol. The van der Waals surface area contributed by atoms with Crippen LogP contribution in [0.3, 0.4) is 0 Å². The fraction of sp³-hybridized carbons (Fsp3) is 0.400. The number of amides is 5. The van der Waals surface area contributed by atoms with E-state index in [-0.39, 0.29) is 75.7 Å². The van der Waals surface area contributed by atoms with Crippen LogP contribution in [0.4, 0.5) is 24.1 Å². The number of nitrogens with zero attached hydrogens (tertiary/aromatic N) is 4. The number of carbonyl (C=O) groups excluding carboxylic acids is 4. The summed E-state index contributed by atoms with van der Waals surface area (Å²) in [6.07, 6.45) is 0.473. The Hall–Kier alpha value is -4.56. The normalized spacial score (nSPS) is 18.6. The lowest BCUT2D eigenvalue weighted by Gasteiger charge is -2.54. The fourth-order valence-corrected chi connectivity index (χ4v) is 5.19. The summed E-state index contributed by atoms with van der Waals surface area (Å²) in [6, 6.07) is 9.89. The molecule has 2 heterocycles. The SMILES string of the molecule is C=CCOC(=O)NCCC[C@H]1C(=O)N(CCOCc2cccc(F)c2)C[C@H]2N1C(=O)CN(C)N2C(=O)Nc1cccc(F)c1. The molecular weight excluding hydrogens is 578 g/mol. The molecule has 14 heteroatoms. The number of rotatable bonds is 12. The molecule has 236 valence electrons. The van der Waals surface area contributed by atoms with Gasteiger partial charge < -0.3 is 29.9 Å². The summed E-state index contributed by atoms with van der Waals surface area (Å²) in [5.74, 6) is -1.58. The minimum Gasteiger partial charge on any atom is -0.445 e. The summed E-state index contributed by atoms with van der Waals surface area (Å²) in [6.45, 7) is 3.96. The fourth-order valence-electron chi connectivity index (χ4n) is 5.19. The molecule has 2 N–H and O–H groups in total. The van der Waals surface area contributed by atoms with Crippen molar-refractivity contribution in [1.82, 2.24) is 25.1 Å². The van der Waals surface area contributed by atoms with E-state index in [1.807, 2.05) is 0 Å². The average molecular weight is 615 g/mol. The van der Waals surface area contributed by atoms with Crippen molar-refractivity contribution >= 4 is 29.6 Å². The molecule has 2 saturated heterocycles. The Morgan fingerprint density at radius 2 is 1.86 bits per heavy atom. The second-order valence-electron chi connectivity index (χ2n) is 10.3. The van der Waals surface area contributed by atoms with Gasteiger partial charge in [-0.3, -0.25) is 9.59 Å². The van der Waals surface area contributed by atoms with Crippen LogP contribution in [0, 0.1) is 11.6 Å². The number of hydrazine groups is 1. The molecule has 0 unspecified atom stereocenters. The van der Waals surface area contributed by atoms with Gasteiger partial charge in [-0.2, -0.15) is 0 Å². The summed E-state index contributed by atoms with van der Waals surface area (Å²) in [5, 5.41) is 8.07. The summed E-state index contributed by atoms with van der Waals surface area (Å²) in [5.41, 5.74) is 0.866. The van der Waals surface area contributed by atoms with Gasteiger partial charge in [0.15, 0.2) is 0 Å². The highest BCUT2D eigenvalue weighted by atomic mass is 19.1. The minimum absolute atomic E-state index is 0.00254. The van der Waals surface area contributed by atoms with Crippen molar-refractivity contribution < 1.29 is 37.4 Å². The smallest absolute Gasteiger partial charge is 0.407 e. The average Bonchev–Trinajstić information content (AvgIpc) is 2.97. The van der Waals surface area contributed by atoms with Crippen LogP contribution in [-0.4, -0.2) is 102 Å². The molecule has 5 amide bonds. The number of likely N-dealkylation sites (N-methyl/N-ethyl adjacent to an activating group) is 1. The van der Waals surface area contributed by atoms with E-state index in [1.54, 1.807) is 19.2 Å². The molecule has 0 spiro atoms. The van der Waals surface area contributed by atoms with Crippen molar-refractivity contribution in [1.29, 1.82) is 0 Å². The van der Waals surface area contributed by atoms with Crippen LogP contribution in [-0.2, 0) is 25.7 Å². The quantitative estimate of drug-likeness (QED) is 0.278. The van der Waals surface area contributed by atoms with Crippen LogP contribution in [0.25, 0.3) is 0 Å². The molecule has 2 atom stereocenters. The maximum absolute atomic E-state index is 13.8. The Kier molecular flexibility index (Phi) is 11.2. The van der Waals surface area contributed by atoms with Gasteiger partial charge in [0.2, 0.25) is 11.8 Å². The maximum atomic E-state index is 13.8. The van der Waals surface area contributed by atoms with Gasteiger partial charge in [-0.05, 0) is 48.7 Å². The molecule has 2 aliphatic rings. The van der Waals surface area contributed by atoms with Crippen molar-refractivity contribution in [2.45, 2.75) is 31.7 Å². The van der Waals surface area contributed by atoms with Gasteiger partial charge in [0.25, 0.3) is 0 Å². The van der Waals surface area contributed by atoms with E-state index in [2.05, 4.69) is 17.2 Å². The largest absolute Gasteiger partial charge is 0.445 e. The standard InChI is InChI=1S/C30H36F2N6O6/c1-3-14-44-30(42)33-12-6-11-25-28(40)36(13-15-43-20-21-7-4-8-22(31)16-21)18-26-37(25)27(39)19-35(2)38(26)29(41)34-24-10-5-9-23(32)17-24/h3-5,7-10,16-17,25-26H,1,6,11-15,18-20H2,2H3,(H,33,42)(H,34,41)/t25-,26-/m0/s1. The molecule has 0 radical (unpaired) electrons. The number of anilines is 1. The summed E-state index contributed by atoms with van der Waals surface area (Å²) >= 11 is 0. The van der Waals surface area contributed by atoms with E-state index in [0.29, 0.717) is 12.0 Å². The minimum atomic E-state index is -0.923. The zero-order chi connectivity index (χ0) is 31.6. The molecule has 2 aromatic rings. The number of piperazine rings is 1. The number of urea groups is 1. The van der Waals surface area contributed by atoms with E-state index in [0.717, 1.165) is 0 Å². The monoisotopic (exact) mass is 614 g/mol. The first-order chi connectivity index (χ1) is 21.2. The molecule has 0 aromatic heterocycles. The Bertz CT molecular complexity index is 1360. The van der Waals surface area contributed by atoms with Crippen molar-refractivity contribution in [2.24, 2.45) is 0 Å². The van der Waals surface area contributed by atoms with Gasteiger partial charge in [-0.15, -0.1) is 0 Å². The number of hydrogen-bond acceptors (Lipinski definition) is 7. The van der Waals surface area contributed by atoms with Crippen molar-refractivity contribution in [3.8, 4) is 0 Å². The number of fused-ring (bicyclic) bond motifs is 1. The van der Waals surface area contributed by atoms with Gasteiger partial charge in [0.05, 0.1) is 26.3 Å². The molecule has 0 aliphatic carbocycles. The summed E-state index contributed by atoms with van der Waals surface area (Å²) in [7, 11) is 1.58. The second-order valence-corrected chi connectivity index (χ2v) is 10.3. The van der Waals surface area contributed by atoms with Crippen LogP contribution in [0.15, 0.2) is 61.2 Å². The van der Waals surface area contributed by atoms with Gasteiger partial charge in [-0.1, -0.05) is 30.9 Å². The van der Waals surface area contributed by atoms with Gasteiger partial charge >= 0.3 is 12.1 Å². The number of benzene rings is 2. The van der Waals surface area contributed by atoms with Crippen LogP contribution in [0.1, 0.15) is 18.4 Å². The maximum Gasteiger partial charge on any atom is 0.407 e. The Labute approximate surface area is 254 Å². The molecule has 2 fully saturated rings. The third-order valence-electron chi connectivity index (χ3n) is 7.14. The summed E-state index contributed by atoms with van der Waals surface area (Å²) < 4.78 is 37.9. The van der Waals surface area contributed by atoms with E-state index in [4.69, 9.17) is 9.47 Å². The lowest BCUT2D eigenvalue weighted by atomic mass is 10.0. The third-order valence-corrected chi connectivity index (χ3v) is 7.14. The second kappa shape index (κ2) is 15.3. The molecule has 4 rings (SSSR count). The van der Waals surface area contributed by atoms with Gasteiger partial charge in [0.1, 0.15) is 30.4 Å². The van der Waals surface area contributed by atoms with E-state index in [1.165, 1.54) is 62.3 Å². The van der Waals surface area contributed by atoms with Crippen molar-refractivity contribution in [3.05, 3.63) is 78.4 Å². The van der Waals surface area contributed by atoms with Crippen molar-refractivity contribution in [3.63, 3.8) is 0 Å². The van der Waals surface area contributed by atoms with Crippen LogP contribution < -0.4 is 10.6 Å². The molecule has 2 aliphatic heterocycles. The molecule has 2 aromatic carbocycles. The van der Waals surface area contributed by atoms with Crippen LogP contribution in [0.2, 0.25) is 0 Å². The molecule has 44 heavy (non-hydrogen) atoms. The van der Waals surface area contributed by atoms with E-state index < -0.39 is 30.1 Å². The lowest BCUT2D eigenvalue weighted by molar-refractivity contribution is -0.187. The number of alkyl carbamates (subject to hydrolysis) is 1. The zero-order valence-corrected chi connectivity index (χ0v) is 24.4. The number of ether oxygens (including phenoxy) is 2. The topological polar surface area (TPSA) is 124 Å². The van der Waals surface area contributed by atoms with Crippen molar-refractivity contribution in [2.75, 3.05) is 51.8 Å². The molecule has 0 saturated carbocycles. The first kappa shape index (κ1) is 32.4. The zero-order valence-electron chi connectivity index (χ0n) is 24.4. The first-order valence-corrected chi connectivity index (χ1v) is 14.2. The number of hydrogen-bond donors (Lipinski definition) is 2. The number of nitrogens with one attached hydrogen (secondary N) is 2. The highest BCUT2D eigenvalue weighted by Crippen LogP contribution is 2.28.